The molecule has 110 valence electrons. The van der Waals surface area contributed by atoms with Crippen molar-refractivity contribution in [3.8, 4) is 0 Å². The molecule has 0 saturated carbocycles. The third kappa shape index (κ3) is 3.40. The van der Waals surface area contributed by atoms with Crippen LogP contribution in [-0.2, 0) is 16.8 Å². The fourth-order valence-electron chi connectivity index (χ4n) is 2.07. The van der Waals surface area contributed by atoms with E-state index in [0.29, 0.717) is 11.3 Å². The van der Waals surface area contributed by atoms with Crippen molar-refractivity contribution in [1.29, 1.82) is 0 Å². The van der Waals surface area contributed by atoms with Gasteiger partial charge in [-0.1, -0.05) is 30.3 Å². The standard InChI is InChI=1S/C17H19FN2O/c1-17(2,13-7-9-14(19)10-8-13)16(21)20-11-12-5-3-4-6-15(12)18/h3-10H,11,19H2,1-2H3,(H,20,21). The van der Waals surface area contributed by atoms with Crippen molar-refractivity contribution in [2.75, 3.05) is 5.73 Å². The minimum atomic E-state index is -0.709. The van der Waals surface area contributed by atoms with Gasteiger partial charge >= 0.3 is 0 Å². The molecule has 3 nitrogen and oxygen atoms in total. The topological polar surface area (TPSA) is 55.1 Å². The van der Waals surface area contributed by atoms with Crippen LogP contribution in [0.3, 0.4) is 0 Å². The monoisotopic (exact) mass is 286 g/mol. The Bertz CT molecular complexity index is 635. The first-order chi connectivity index (χ1) is 9.91. The van der Waals surface area contributed by atoms with Crippen molar-refractivity contribution in [2.24, 2.45) is 0 Å². The molecule has 2 aromatic carbocycles. The molecule has 2 aromatic rings. The summed E-state index contributed by atoms with van der Waals surface area (Å²) < 4.78 is 13.5. The lowest BCUT2D eigenvalue weighted by atomic mass is 9.83. The number of nitrogens with two attached hydrogens (primary N) is 1. The Kier molecular flexibility index (Phi) is 4.26. The van der Waals surface area contributed by atoms with Gasteiger partial charge in [0.15, 0.2) is 0 Å². The van der Waals surface area contributed by atoms with Crippen molar-refractivity contribution in [3.05, 3.63) is 65.5 Å². The smallest absolute Gasteiger partial charge is 0.230 e. The molecule has 0 radical (unpaired) electrons. The minimum Gasteiger partial charge on any atom is -0.399 e. The zero-order valence-corrected chi connectivity index (χ0v) is 12.2. The van der Waals surface area contributed by atoms with Crippen molar-refractivity contribution in [1.82, 2.24) is 5.32 Å². The van der Waals surface area contributed by atoms with E-state index in [-0.39, 0.29) is 18.3 Å². The Hall–Kier alpha value is -2.36. The predicted molar refractivity (Wildman–Crippen MR) is 82.1 cm³/mol. The van der Waals surface area contributed by atoms with Crippen LogP contribution in [0.4, 0.5) is 10.1 Å². The fourth-order valence-corrected chi connectivity index (χ4v) is 2.07. The molecule has 21 heavy (non-hydrogen) atoms. The molecule has 0 bridgehead atoms. The van der Waals surface area contributed by atoms with Gasteiger partial charge in [-0.3, -0.25) is 4.79 Å². The van der Waals surface area contributed by atoms with Gasteiger partial charge in [0, 0.05) is 17.8 Å². The number of carbonyl (C=O) groups is 1. The van der Waals surface area contributed by atoms with Crippen LogP contribution in [0.1, 0.15) is 25.0 Å². The summed E-state index contributed by atoms with van der Waals surface area (Å²) in [5, 5.41) is 2.78. The lowest BCUT2D eigenvalue weighted by Crippen LogP contribution is -2.39. The molecular weight excluding hydrogens is 267 g/mol. The third-order valence-electron chi connectivity index (χ3n) is 3.60. The number of hydrogen-bond donors (Lipinski definition) is 2. The number of anilines is 1. The Morgan fingerprint density at radius 1 is 1.14 bits per heavy atom. The SMILES string of the molecule is CC(C)(C(=O)NCc1ccccc1F)c1ccc(N)cc1. The zero-order valence-electron chi connectivity index (χ0n) is 12.2. The van der Waals surface area contributed by atoms with Crippen molar-refractivity contribution in [2.45, 2.75) is 25.8 Å². The van der Waals surface area contributed by atoms with Crippen molar-refractivity contribution < 1.29 is 9.18 Å². The minimum absolute atomic E-state index is 0.157. The highest BCUT2D eigenvalue weighted by Gasteiger charge is 2.29. The number of hydrogen-bond acceptors (Lipinski definition) is 2. The summed E-state index contributed by atoms with van der Waals surface area (Å²) >= 11 is 0. The second-order valence-corrected chi connectivity index (χ2v) is 5.52. The van der Waals surface area contributed by atoms with Gasteiger partial charge in [-0.2, -0.15) is 0 Å². The highest BCUT2D eigenvalue weighted by Crippen LogP contribution is 2.24. The molecule has 0 saturated heterocycles. The molecule has 0 aliphatic heterocycles. The largest absolute Gasteiger partial charge is 0.399 e. The van der Waals surface area contributed by atoms with E-state index >= 15 is 0 Å². The lowest BCUT2D eigenvalue weighted by Gasteiger charge is -2.24. The normalized spacial score (nSPS) is 11.2. The number of carbonyl (C=O) groups excluding carboxylic acids is 1. The van der Waals surface area contributed by atoms with Gasteiger partial charge in [0.05, 0.1) is 5.41 Å². The Balaban J connectivity index is 2.08. The van der Waals surface area contributed by atoms with Crippen LogP contribution in [0, 0.1) is 5.82 Å². The molecule has 0 aromatic heterocycles. The molecule has 4 heteroatoms. The highest BCUT2D eigenvalue weighted by atomic mass is 19.1. The van der Waals surface area contributed by atoms with E-state index in [1.807, 2.05) is 26.0 Å². The maximum absolute atomic E-state index is 13.5. The van der Waals surface area contributed by atoms with Gasteiger partial charge in [0.25, 0.3) is 0 Å². The number of rotatable bonds is 4. The van der Waals surface area contributed by atoms with Crippen molar-refractivity contribution >= 4 is 11.6 Å². The molecule has 0 aliphatic rings. The van der Waals surface area contributed by atoms with Crippen LogP contribution in [0.25, 0.3) is 0 Å². The van der Waals surface area contributed by atoms with Gasteiger partial charge in [-0.25, -0.2) is 4.39 Å². The highest BCUT2D eigenvalue weighted by molar-refractivity contribution is 5.87. The molecule has 2 rings (SSSR count). The maximum Gasteiger partial charge on any atom is 0.230 e. The van der Waals surface area contributed by atoms with Crippen LogP contribution in [-0.4, -0.2) is 5.91 Å². The van der Waals surface area contributed by atoms with Crippen LogP contribution in [0.2, 0.25) is 0 Å². The first-order valence-electron chi connectivity index (χ1n) is 6.79. The van der Waals surface area contributed by atoms with Gasteiger partial charge in [0.2, 0.25) is 5.91 Å². The molecule has 3 N–H and O–H groups in total. The Morgan fingerprint density at radius 3 is 2.38 bits per heavy atom. The summed E-state index contributed by atoms with van der Waals surface area (Å²) in [4.78, 5) is 12.4. The van der Waals surface area contributed by atoms with Crippen LogP contribution in [0.5, 0.6) is 0 Å². The van der Waals surface area contributed by atoms with E-state index in [2.05, 4.69) is 5.32 Å². The fraction of sp³-hybridized carbons (Fsp3) is 0.235. The number of amides is 1. The van der Waals surface area contributed by atoms with Crippen LogP contribution < -0.4 is 11.1 Å². The van der Waals surface area contributed by atoms with Crippen LogP contribution in [0.15, 0.2) is 48.5 Å². The summed E-state index contributed by atoms with van der Waals surface area (Å²) in [7, 11) is 0. The van der Waals surface area contributed by atoms with Gasteiger partial charge in [0.1, 0.15) is 5.82 Å². The Morgan fingerprint density at radius 2 is 1.76 bits per heavy atom. The first kappa shape index (κ1) is 15.0. The first-order valence-corrected chi connectivity index (χ1v) is 6.79. The van der Waals surface area contributed by atoms with Gasteiger partial charge in [-0.05, 0) is 37.6 Å². The summed E-state index contributed by atoms with van der Waals surface area (Å²) in [6, 6.07) is 13.6. The summed E-state index contributed by atoms with van der Waals surface area (Å²) in [6.45, 7) is 3.83. The quantitative estimate of drug-likeness (QED) is 0.849. The number of nitrogens with one attached hydrogen (secondary N) is 1. The van der Waals surface area contributed by atoms with E-state index in [1.54, 1.807) is 30.3 Å². The van der Waals surface area contributed by atoms with Gasteiger partial charge < -0.3 is 11.1 Å². The summed E-state index contributed by atoms with van der Waals surface area (Å²) in [5.74, 6) is -0.474. The van der Waals surface area contributed by atoms with E-state index in [9.17, 15) is 9.18 Å². The number of nitrogen functional groups attached to an aromatic ring is 1. The van der Waals surface area contributed by atoms with Crippen LogP contribution >= 0.6 is 0 Å². The number of halogens is 1. The third-order valence-corrected chi connectivity index (χ3v) is 3.60. The second kappa shape index (κ2) is 5.95. The summed E-state index contributed by atoms with van der Waals surface area (Å²) in [6.07, 6.45) is 0. The maximum atomic E-state index is 13.5. The number of benzene rings is 2. The van der Waals surface area contributed by atoms with Crippen molar-refractivity contribution in [3.63, 3.8) is 0 Å². The molecule has 0 atom stereocenters. The summed E-state index contributed by atoms with van der Waals surface area (Å²) in [5.41, 5.74) is 6.93. The predicted octanol–water partition coefficient (Wildman–Crippen LogP) is 3.00. The van der Waals surface area contributed by atoms with E-state index in [1.165, 1.54) is 6.07 Å². The molecule has 0 fully saturated rings. The molecule has 0 heterocycles. The molecule has 0 unspecified atom stereocenters. The molecule has 0 spiro atoms. The Labute approximate surface area is 124 Å². The average molecular weight is 286 g/mol. The lowest BCUT2D eigenvalue weighted by molar-refractivity contribution is -0.125. The average Bonchev–Trinajstić information content (AvgIpc) is 2.46. The molecule has 1 amide bonds. The zero-order chi connectivity index (χ0) is 15.5. The molecular formula is C17H19FN2O. The van der Waals surface area contributed by atoms with E-state index in [0.717, 1.165) is 5.56 Å². The van der Waals surface area contributed by atoms with E-state index in [4.69, 9.17) is 5.73 Å². The second-order valence-electron chi connectivity index (χ2n) is 5.52. The molecule has 0 aliphatic carbocycles. The van der Waals surface area contributed by atoms with E-state index < -0.39 is 5.41 Å². The van der Waals surface area contributed by atoms with Gasteiger partial charge in [-0.15, -0.1) is 0 Å².